The lowest BCUT2D eigenvalue weighted by molar-refractivity contribution is -0.135. The van der Waals surface area contributed by atoms with E-state index in [1.54, 1.807) is 30.5 Å². The molecule has 0 saturated heterocycles. The third-order valence-electron chi connectivity index (χ3n) is 3.30. The number of aromatic amines is 1. The van der Waals surface area contributed by atoms with Crippen molar-refractivity contribution in [3.63, 3.8) is 0 Å². The third-order valence-corrected chi connectivity index (χ3v) is 3.30. The largest absolute Gasteiger partial charge is 0.480 e. The summed E-state index contributed by atoms with van der Waals surface area (Å²) in [6.07, 6.45) is 3.00. The van der Waals surface area contributed by atoms with Crippen molar-refractivity contribution in [1.82, 2.24) is 19.9 Å². The summed E-state index contributed by atoms with van der Waals surface area (Å²) >= 11 is 0. The predicted molar refractivity (Wildman–Crippen MR) is 81.2 cm³/mol. The van der Waals surface area contributed by atoms with Crippen LogP contribution in [0.2, 0.25) is 0 Å². The molecule has 0 aliphatic carbocycles. The fourth-order valence-electron chi connectivity index (χ4n) is 2.27. The van der Waals surface area contributed by atoms with E-state index in [1.807, 2.05) is 6.07 Å². The SMILES string of the molecule is O=C(O)CNC(=O)c1c(=O)c(-c2ccccc2)cn2cn[nH]c12. The zero-order chi connectivity index (χ0) is 16.4. The van der Waals surface area contributed by atoms with Crippen LogP contribution in [0, 0.1) is 0 Å². The van der Waals surface area contributed by atoms with E-state index in [9.17, 15) is 14.4 Å². The number of hydrogen-bond donors (Lipinski definition) is 3. The first-order chi connectivity index (χ1) is 11.1. The lowest BCUT2D eigenvalue weighted by Crippen LogP contribution is -2.33. The van der Waals surface area contributed by atoms with E-state index in [-0.39, 0.29) is 11.2 Å². The first-order valence-corrected chi connectivity index (χ1v) is 6.71. The molecule has 0 aliphatic rings. The molecule has 0 atom stereocenters. The molecule has 1 amide bonds. The molecule has 0 radical (unpaired) electrons. The van der Waals surface area contributed by atoms with Crippen molar-refractivity contribution in [2.24, 2.45) is 0 Å². The number of aromatic nitrogens is 3. The zero-order valence-electron chi connectivity index (χ0n) is 11.8. The second-order valence-electron chi connectivity index (χ2n) is 4.80. The van der Waals surface area contributed by atoms with E-state index in [4.69, 9.17) is 5.11 Å². The van der Waals surface area contributed by atoms with Crippen LogP contribution in [0.15, 0.2) is 47.7 Å². The molecule has 0 saturated carbocycles. The summed E-state index contributed by atoms with van der Waals surface area (Å²) in [5.41, 5.74) is 0.511. The van der Waals surface area contributed by atoms with Gasteiger partial charge in [-0.1, -0.05) is 30.3 Å². The molecule has 2 heterocycles. The minimum absolute atomic E-state index is 0.176. The summed E-state index contributed by atoms with van der Waals surface area (Å²) in [5, 5.41) is 17.3. The smallest absolute Gasteiger partial charge is 0.322 e. The van der Waals surface area contributed by atoms with Crippen LogP contribution in [0.5, 0.6) is 0 Å². The van der Waals surface area contributed by atoms with Crippen LogP contribution in [0.4, 0.5) is 0 Å². The van der Waals surface area contributed by atoms with Crippen molar-refractivity contribution in [3.05, 3.63) is 58.6 Å². The molecule has 3 aromatic rings. The van der Waals surface area contributed by atoms with Gasteiger partial charge in [0.1, 0.15) is 24.1 Å². The molecule has 23 heavy (non-hydrogen) atoms. The van der Waals surface area contributed by atoms with E-state index in [2.05, 4.69) is 15.5 Å². The van der Waals surface area contributed by atoms with Gasteiger partial charge in [0.15, 0.2) is 0 Å². The normalized spacial score (nSPS) is 10.6. The third kappa shape index (κ3) is 2.69. The molecule has 1 aromatic carbocycles. The lowest BCUT2D eigenvalue weighted by atomic mass is 10.0. The van der Waals surface area contributed by atoms with Crippen LogP contribution in [-0.2, 0) is 4.79 Å². The Morgan fingerprint density at radius 2 is 2.00 bits per heavy atom. The molecule has 0 aliphatic heterocycles. The molecule has 0 spiro atoms. The maximum Gasteiger partial charge on any atom is 0.322 e. The maximum absolute atomic E-state index is 12.7. The fraction of sp³-hybridized carbons (Fsp3) is 0.0667. The first kappa shape index (κ1) is 14.5. The van der Waals surface area contributed by atoms with E-state index >= 15 is 0 Å². The molecule has 2 aromatic heterocycles. The number of carbonyl (C=O) groups excluding carboxylic acids is 1. The molecule has 0 bridgehead atoms. The van der Waals surface area contributed by atoms with Crippen LogP contribution in [0.3, 0.4) is 0 Å². The van der Waals surface area contributed by atoms with E-state index in [0.717, 1.165) is 0 Å². The van der Waals surface area contributed by atoms with Gasteiger partial charge in [-0.25, -0.2) is 0 Å². The van der Waals surface area contributed by atoms with Crippen molar-refractivity contribution in [3.8, 4) is 11.1 Å². The highest BCUT2D eigenvalue weighted by molar-refractivity contribution is 6.01. The molecule has 8 heteroatoms. The zero-order valence-corrected chi connectivity index (χ0v) is 11.8. The van der Waals surface area contributed by atoms with E-state index < -0.39 is 23.9 Å². The van der Waals surface area contributed by atoms with Gasteiger partial charge in [0, 0.05) is 11.8 Å². The van der Waals surface area contributed by atoms with Crippen molar-refractivity contribution >= 4 is 17.5 Å². The van der Waals surface area contributed by atoms with Gasteiger partial charge < -0.3 is 10.4 Å². The second-order valence-corrected chi connectivity index (χ2v) is 4.80. The molecule has 0 unspecified atom stereocenters. The molecular weight excluding hydrogens is 300 g/mol. The average Bonchev–Trinajstić information content (AvgIpc) is 3.00. The predicted octanol–water partition coefficient (Wildman–Crippen LogP) is 0.504. The minimum Gasteiger partial charge on any atom is -0.480 e. The fourth-order valence-corrected chi connectivity index (χ4v) is 2.27. The average molecular weight is 312 g/mol. The van der Waals surface area contributed by atoms with Crippen LogP contribution in [0.25, 0.3) is 16.8 Å². The minimum atomic E-state index is -1.20. The topological polar surface area (TPSA) is 117 Å². The number of rotatable bonds is 4. The standard InChI is InChI=1S/C15H12N4O4/c20-11(21)6-16-15(23)12-13(22)10(9-4-2-1-3-5-9)7-19-8-17-18-14(12)19/h1-5,7-8,18H,6H2,(H,16,23)(H,20,21). The Bertz CT molecular complexity index is 943. The summed E-state index contributed by atoms with van der Waals surface area (Å²) in [6, 6.07) is 8.88. The van der Waals surface area contributed by atoms with Crippen molar-refractivity contribution in [2.75, 3.05) is 6.54 Å². The Labute approximate surface area is 129 Å². The van der Waals surface area contributed by atoms with Gasteiger partial charge >= 0.3 is 5.97 Å². The molecule has 116 valence electrons. The Balaban J connectivity index is 2.18. The number of carboxylic acid groups (broad SMARTS) is 1. The maximum atomic E-state index is 12.7. The van der Waals surface area contributed by atoms with Gasteiger partial charge in [-0.05, 0) is 5.56 Å². The van der Waals surface area contributed by atoms with Crippen LogP contribution >= 0.6 is 0 Å². The quantitative estimate of drug-likeness (QED) is 0.649. The van der Waals surface area contributed by atoms with Crippen LogP contribution in [0.1, 0.15) is 10.4 Å². The van der Waals surface area contributed by atoms with E-state index in [1.165, 1.54) is 10.7 Å². The number of amides is 1. The van der Waals surface area contributed by atoms with Gasteiger partial charge in [-0.15, -0.1) is 0 Å². The molecule has 3 N–H and O–H groups in total. The number of aliphatic carboxylic acids is 1. The highest BCUT2D eigenvalue weighted by atomic mass is 16.4. The van der Waals surface area contributed by atoms with Gasteiger partial charge in [0.05, 0.1) is 0 Å². The summed E-state index contributed by atoms with van der Waals surface area (Å²) in [5.74, 6) is -1.96. The van der Waals surface area contributed by atoms with Crippen molar-refractivity contribution in [1.29, 1.82) is 0 Å². The number of nitrogens with zero attached hydrogens (tertiary/aromatic N) is 2. The number of H-pyrrole nitrogens is 1. The van der Waals surface area contributed by atoms with E-state index in [0.29, 0.717) is 11.1 Å². The Morgan fingerprint density at radius 3 is 2.70 bits per heavy atom. The summed E-state index contributed by atoms with van der Waals surface area (Å²) in [4.78, 5) is 35.5. The second kappa shape index (κ2) is 5.76. The molecule has 3 rings (SSSR count). The van der Waals surface area contributed by atoms with Gasteiger partial charge in [-0.2, -0.15) is 5.10 Å². The number of nitrogens with one attached hydrogen (secondary N) is 2. The Kier molecular flexibility index (Phi) is 3.63. The number of hydrogen-bond acceptors (Lipinski definition) is 4. The highest BCUT2D eigenvalue weighted by Crippen LogP contribution is 2.17. The number of benzene rings is 1. The molecular formula is C15H12N4O4. The van der Waals surface area contributed by atoms with Crippen molar-refractivity contribution in [2.45, 2.75) is 0 Å². The summed E-state index contributed by atoms with van der Waals surface area (Å²) < 4.78 is 1.51. The number of fused-ring (bicyclic) bond motifs is 1. The Hall–Kier alpha value is -3.42. The van der Waals surface area contributed by atoms with Gasteiger partial charge in [0.25, 0.3) is 5.91 Å². The first-order valence-electron chi connectivity index (χ1n) is 6.71. The van der Waals surface area contributed by atoms with Gasteiger partial charge in [0.2, 0.25) is 5.43 Å². The van der Waals surface area contributed by atoms with Crippen LogP contribution in [-0.4, -0.2) is 38.1 Å². The summed E-state index contributed by atoms with van der Waals surface area (Å²) in [6.45, 7) is -0.575. The van der Waals surface area contributed by atoms with Gasteiger partial charge in [-0.3, -0.25) is 23.9 Å². The van der Waals surface area contributed by atoms with Crippen LogP contribution < -0.4 is 10.7 Å². The number of carboxylic acids is 1. The summed E-state index contributed by atoms with van der Waals surface area (Å²) in [7, 11) is 0. The number of pyridine rings is 1. The molecule has 8 nitrogen and oxygen atoms in total. The van der Waals surface area contributed by atoms with Crippen molar-refractivity contribution < 1.29 is 14.7 Å². The monoisotopic (exact) mass is 312 g/mol. The molecule has 0 fully saturated rings. The number of carbonyl (C=O) groups is 2. The highest BCUT2D eigenvalue weighted by Gasteiger charge is 2.20. The lowest BCUT2D eigenvalue weighted by Gasteiger charge is -2.07. The Morgan fingerprint density at radius 1 is 1.26 bits per heavy atom.